The minimum absolute atomic E-state index is 0.110. The number of aromatic nitrogens is 3. The van der Waals surface area contributed by atoms with Crippen LogP contribution in [0.1, 0.15) is 16.2 Å². The Morgan fingerprint density at radius 3 is 3.00 bits per heavy atom. The van der Waals surface area contributed by atoms with Crippen LogP contribution >= 0.6 is 11.6 Å². The first-order valence-corrected chi connectivity index (χ1v) is 4.77. The zero-order valence-corrected chi connectivity index (χ0v) is 9.10. The molecule has 2 rings (SSSR count). The zero-order chi connectivity index (χ0) is 11.7. The van der Waals surface area contributed by atoms with Crippen LogP contribution in [-0.4, -0.2) is 32.8 Å². The van der Waals surface area contributed by atoms with Gasteiger partial charge in [-0.3, -0.25) is 0 Å². The standard InChI is InChI=1S/C9H8ClN3O3/c1-16-4-5-2-8-11-6(9(14)15)3-7(10)13(8)12-5/h2-3H,4H2,1H3,(H,14,15). The number of halogens is 1. The number of methoxy groups -OCH3 is 1. The normalized spacial score (nSPS) is 10.9. The molecule has 2 heterocycles. The first kappa shape index (κ1) is 10.8. The van der Waals surface area contributed by atoms with Crippen LogP contribution in [0.15, 0.2) is 12.1 Å². The van der Waals surface area contributed by atoms with Gasteiger partial charge < -0.3 is 9.84 Å². The Hall–Kier alpha value is -1.66. The molecule has 6 nitrogen and oxygen atoms in total. The van der Waals surface area contributed by atoms with Crippen molar-refractivity contribution in [2.45, 2.75) is 6.61 Å². The quantitative estimate of drug-likeness (QED) is 0.818. The van der Waals surface area contributed by atoms with Gasteiger partial charge in [-0.2, -0.15) is 5.10 Å². The molecule has 0 aromatic carbocycles. The van der Waals surface area contributed by atoms with E-state index in [2.05, 4.69) is 10.1 Å². The number of fused-ring (bicyclic) bond motifs is 1. The van der Waals surface area contributed by atoms with Crippen LogP contribution in [-0.2, 0) is 11.3 Å². The zero-order valence-electron chi connectivity index (χ0n) is 8.35. The van der Waals surface area contributed by atoms with Gasteiger partial charge in [0.15, 0.2) is 11.3 Å². The Balaban J connectivity index is 2.58. The average Bonchev–Trinajstić information content (AvgIpc) is 2.61. The Labute approximate surface area is 95.4 Å². The Morgan fingerprint density at radius 2 is 2.38 bits per heavy atom. The summed E-state index contributed by atoms with van der Waals surface area (Å²) in [6.45, 7) is 0.322. The van der Waals surface area contributed by atoms with E-state index in [9.17, 15) is 4.79 Å². The first-order chi connectivity index (χ1) is 7.61. The molecule has 2 aromatic heterocycles. The Bertz CT molecular complexity index is 552. The molecule has 16 heavy (non-hydrogen) atoms. The summed E-state index contributed by atoms with van der Waals surface area (Å²) in [5.41, 5.74) is 0.915. The number of rotatable bonds is 3. The fourth-order valence-electron chi connectivity index (χ4n) is 1.31. The highest BCUT2D eigenvalue weighted by Crippen LogP contribution is 2.14. The van der Waals surface area contributed by atoms with Crippen LogP contribution in [0.5, 0.6) is 0 Å². The van der Waals surface area contributed by atoms with Crippen LogP contribution in [0.25, 0.3) is 5.65 Å². The smallest absolute Gasteiger partial charge is 0.354 e. The minimum Gasteiger partial charge on any atom is -0.477 e. The lowest BCUT2D eigenvalue weighted by Gasteiger charge is -1.98. The fraction of sp³-hybridized carbons (Fsp3) is 0.222. The van der Waals surface area contributed by atoms with E-state index in [1.807, 2.05) is 0 Å². The van der Waals surface area contributed by atoms with Gasteiger partial charge >= 0.3 is 5.97 Å². The largest absolute Gasteiger partial charge is 0.477 e. The summed E-state index contributed by atoms with van der Waals surface area (Å²) < 4.78 is 6.28. The molecule has 84 valence electrons. The van der Waals surface area contributed by atoms with E-state index in [0.717, 1.165) is 0 Å². The molecule has 0 spiro atoms. The summed E-state index contributed by atoms with van der Waals surface area (Å²) >= 11 is 5.88. The summed E-state index contributed by atoms with van der Waals surface area (Å²) in [7, 11) is 1.54. The van der Waals surface area contributed by atoms with Crippen molar-refractivity contribution in [1.82, 2.24) is 14.6 Å². The summed E-state index contributed by atoms with van der Waals surface area (Å²) in [4.78, 5) is 14.7. The lowest BCUT2D eigenvalue weighted by molar-refractivity contribution is 0.0690. The number of ether oxygens (including phenoxy) is 1. The molecule has 0 bridgehead atoms. The summed E-state index contributed by atoms with van der Waals surface area (Å²) in [6, 6.07) is 2.88. The maximum absolute atomic E-state index is 10.8. The molecule has 0 aliphatic rings. The molecular weight excluding hydrogens is 234 g/mol. The van der Waals surface area contributed by atoms with Crippen molar-refractivity contribution in [3.8, 4) is 0 Å². The lowest BCUT2D eigenvalue weighted by atomic mass is 10.4. The molecule has 0 fully saturated rings. The lowest BCUT2D eigenvalue weighted by Crippen LogP contribution is -2.03. The minimum atomic E-state index is -1.13. The Kier molecular flexibility index (Phi) is 2.76. The molecule has 0 aliphatic heterocycles. The van der Waals surface area contributed by atoms with Gasteiger partial charge in [-0.25, -0.2) is 14.3 Å². The van der Waals surface area contributed by atoms with Crippen LogP contribution in [0.4, 0.5) is 0 Å². The SMILES string of the molecule is COCc1cc2nc(C(=O)O)cc(Cl)n2n1. The van der Waals surface area contributed by atoms with Crippen molar-refractivity contribution in [2.75, 3.05) is 7.11 Å². The number of hydrogen-bond donors (Lipinski definition) is 1. The number of aromatic carboxylic acids is 1. The average molecular weight is 242 g/mol. The van der Waals surface area contributed by atoms with Gasteiger partial charge in [0.2, 0.25) is 0 Å². The highest BCUT2D eigenvalue weighted by molar-refractivity contribution is 6.30. The van der Waals surface area contributed by atoms with Crippen molar-refractivity contribution in [1.29, 1.82) is 0 Å². The molecule has 0 atom stereocenters. The molecule has 2 aromatic rings. The molecule has 7 heteroatoms. The van der Waals surface area contributed by atoms with Crippen LogP contribution in [0, 0.1) is 0 Å². The van der Waals surface area contributed by atoms with Gasteiger partial charge in [0.05, 0.1) is 12.3 Å². The molecule has 0 radical (unpaired) electrons. The van der Waals surface area contributed by atoms with E-state index in [1.54, 1.807) is 13.2 Å². The number of carbonyl (C=O) groups is 1. The van der Waals surface area contributed by atoms with Crippen molar-refractivity contribution in [2.24, 2.45) is 0 Å². The second-order valence-electron chi connectivity index (χ2n) is 3.11. The number of carboxylic acid groups (broad SMARTS) is 1. The third-order valence-corrected chi connectivity index (χ3v) is 2.21. The molecular formula is C9H8ClN3O3. The first-order valence-electron chi connectivity index (χ1n) is 4.39. The number of carboxylic acids is 1. The van der Waals surface area contributed by atoms with Crippen LogP contribution in [0.3, 0.4) is 0 Å². The number of nitrogens with zero attached hydrogens (tertiary/aromatic N) is 3. The molecule has 0 saturated carbocycles. The molecule has 0 unspecified atom stereocenters. The predicted molar refractivity (Wildman–Crippen MR) is 55.7 cm³/mol. The van der Waals surface area contributed by atoms with Gasteiger partial charge in [0.1, 0.15) is 5.15 Å². The van der Waals surface area contributed by atoms with Gasteiger partial charge in [-0.05, 0) is 0 Å². The maximum Gasteiger partial charge on any atom is 0.354 e. The summed E-state index contributed by atoms with van der Waals surface area (Å²) in [6.07, 6.45) is 0. The van der Waals surface area contributed by atoms with Crippen LogP contribution in [0.2, 0.25) is 5.15 Å². The van der Waals surface area contributed by atoms with E-state index < -0.39 is 5.97 Å². The monoisotopic (exact) mass is 241 g/mol. The molecule has 0 amide bonds. The Morgan fingerprint density at radius 1 is 1.62 bits per heavy atom. The molecule has 0 saturated heterocycles. The van der Waals surface area contributed by atoms with Gasteiger partial charge in [-0.15, -0.1) is 0 Å². The molecule has 0 aliphatic carbocycles. The van der Waals surface area contributed by atoms with Crippen molar-refractivity contribution < 1.29 is 14.6 Å². The van der Waals surface area contributed by atoms with E-state index in [4.69, 9.17) is 21.4 Å². The predicted octanol–water partition coefficient (Wildman–Crippen LogP) is 1.23. The van der Waals surface area contributed by atoms with Gasteiger partial charge in [0.25, 0.3) is 0 Å². The second-order valence-corrected chi connectivity index (χ2v) is 3.50. The van der Waals surface area contributed by atoms with Crippen molar-refractivity contribution in [3.05, 3.63) is 28.7 Å². The van der Waals surface area contributed by atoms with E-state index in [1.165, 1.54) is 10.6 Å². The highest BCUT2D eigenvalue weighted by Gasteiger charge is 2.11. The fourth-order valence-corrected chi connectivity index (χ4v) is 1.54. The molecule has 1 N–H and O–H groups in total. The maximum atomic E-state index is 10.8. The summed E-state index contributed by atoms with van der Waals surface area (Å²) in [5.74, 6) is -1.13. The third kappa shape index (κ3) is 1.84. The van der Waals surface area contributed by atoms with Crippen LogP contribution < -0.4 is 0 Å². The second kappa shape index (κ2) is 4.07. The van der Waals surface area contributed by atoms with Gasteiger partial charge in [-0.1, -0.05) is 11.6 Å². The number of hydrogen-bond acceptors (Lipinski definition) is 4. The van der Waals surface area contributed by atoms with Crippen molar-refractivity contribution >= 4 is 23.2 Å². The van der Waals surface area contributed by atoms with E-state index >= 15 is 0 Å². The third-order valence-electron chi connectivity index (χ3n) is 1.95. The topological polar surface area (TPSA) is 76.7 Å². The summed E-state index contributed by atoms with van der Waals surface area (Å²) in [5, 5.41) is 13.1. The highest BCUT2D eigenvalue weighted by atomic mass is 35.5. The van der Waals surface area contributed by atoms with Gasteiger partial charge in [0, 0.05) is 19.2 Å². The van der Waals surface area contributed by atoms with E-state index in [0.29, 0.717) is 17.9 Å². The van der Waals surface area contributed by atoms with E-state index in [-0.39, 0.29) is 10.8 Å². The van der Waals surface area contributed by atoms with Crippen molar-refractivity contribution in [3.63, 3.8) is 0 Å².